The summed E-state index contributed by atoms with van der Waals surface area (Å²) in [6.45, 7) is 3.79. The molecule has 0 saturated heterocycles. The van der Waals surface area contributed by atoms with Crippen LogP contribution in [0.4, 0.5) is 5.82 Å². The van der Waals surface area contributed by atoms with E-state index in [0.717, 1.165) is 11.4 Å². The minimum atomic E-state index is 0.389. The molecule has 15 heavy (non-hydrogen) atoms. The van der Waals surface area contributed by atoms with Crippen LogP contribution in [-0.2, 0) is 0 Å². The minimum Gasteiger partial charge on any atom is -0.382 e. The van der Waals surface area contributed by atoms with Gasteiger partial charge in [-0.15, -0.1) is 0 Å². The molecule has 2 heterocycles. The van der Waals surface area contributed by atoms with Crippen LogP contribution in [0.25, 0.3) is 11.2 Å². The average Bonchev–Trinajstić information content (AvgIpc) is 2.21. The van der Waals surface area contributed by atoms with Gasteiger partial charge in [-0.05, 0) is 20.1 Å². The van der Waals surface area contributed by atoms with Gasteiger partial charge in [-0.2, -0.15) is 0 Å². The predicted molar refractivity (Wildman–Crippen MR) is 60.8 cm³/mol. The third-order valence-electron chi connectivity index (χ3n) is 2.13. The van der Waals surface area contributed by atoms with E-state index in [4.69, 9.17) is 5.73 Å². The summed E-state index contributed by atoms with van der Waals surface area (Å²) >= 11 is 1.44. The van der Waals surface area contributed by atoms with Gasteiger partial charge >= 0.3 is 0 Å². The molecule has 78 valence electrons. The molecule has 0 aliphatic heterocycles. The Bertz CT molecular complexity index is 525. The predicted octanol–water partition coefficient (Wildman–Crippen LogP) is 1.34. The van der Waals surface area contributed by atoms with Gasteiger partial charge in [-0.25, -0.2) is 19.9 Å². The number of aryl methyl sites for hydroxylation is 2. The van der Waals surface area contributed by atoms with Gasteiger partial charge in [0.15, 0.2) is 22.1 Å². The normalized spacial score (nSPS) is 10.9. The van der Waals surface area contributed by atoms with Crippen LogP contribution in [-0.4, -0.2) is 26.2 Å². The monoisotopic (exact) mass is 221 g/mol. The summed E-state index contributed by atoms with van der Waals surface area (Å²) in [7, 11) is 0. The molecule has 2 N–H and O–H groups in total. The second kappa shape index (κ2) is 3.62. The van der Waals surface area contributed by atoms with Gasteiger partial charge in [0.05, 0.1) is 11.4 Å². The number of fused-ring (bicyclic) bond motifs is 1. The standard InChI is InChI=1S/C9H11N5S/c1-4-5(2)12-8-6(11-4)7(10)13-9(14-8)15-3/h1-3H3,(H2,10,12,13,14). The third-order valence-corrected chi connectivity index (χ3v) is 2.68. The molecule has 0 atom stereocenters. The first-order valence-corrected chi connectivity index (χ1v) is 5.66. The van der Waals surface area contributed by atoms with Crippen LogP contribution in [0.1, 0.15) is 11.4 Å². The van der Waals surface area contributed by atoms with Crippen LogP contribution in [0.2, 0.25) is 0 Å². The molecule has 0 bridgehead atoms. The maximum atomic E-state index is 5.78. The highest BCUT2D eigenvalue weighted by atomic mass is 32.2. The lowest BCUT2D eigenvalue weighted by atomic mass is 10.3. The van der Waals surface area contributed by atoms with E-state index in [1.165, 1.54) is 11.8 Å². The van der Waals surface area contributed by atoms with Crippen molar-refractivity contribution in [2.75, 3.05) is 12.0 Å². The molecular weight excluding hydrogens is 210 g/mol. The second-order valence-corrected chi connectivity index (χ2v) is 3.94. The summed E-state index contributed by atoms with van der Waals surface area (Å²) in [5, 5.41) is 0.623. The number of nitrogens with zero attached hydrogens (tertiary/aromatic N) is 4. The summed E-state index contributed by atoms with van der Waals surface area (Å²) in [5.74, 6) is 0.389. The Hall–Kier alpha value is -1.43. The number of hydrogen-bond donors (Lipinski definition) is 1. The lowest BCUT2D eigenvalue weighted by Gasteiger charge is -2.04. The van der Waals surface area contributed by atoms with Crippen LogP contribution in [0, 0.1) is 13.8 Å². The summed E-state index contributed by atoms with van der Waals surface area (Å²) in [6.07, 6.45) is 1.90. The van der Waals surface area contributed by atoms with Crippen molar-refractivity contribution in [1.82, 2.24) is 19.9 Å². The van der Waals surface area contributed by atoms with Gasteiger partial charge in [-0.3, -0.25) is 0 Å². The van der Waals surface area contributed by atoms with Crippen molar-refractivity contribution in [3.63, 3.8) is 0 Å². The van der Waals surface area contributed by atoms with Crippen molar-refractivity contribution in [3.8, 4) is 0 Å². The van der Waals surface area contributed by atoms with Crippen molar-refractivity contribution in [3.05, 3.63) is 11.4 Å². The Balaban J connectivity index is 2.80. The number of aromatic nitrogens is 4. The first kappa shape index (κ1) is 10.1. The Labute approximate surface area is 91.5 Å². The molecule has 0 radical (unpaired) electrons. The molecular formula is C9H11N5S. The van der Waals surface area contributed by atoms with Crippen molar-refractivity contribution in [1.29, 1.82) is 0 Å². The molecule has 0 aromatic carbocycles. The van der Waals surface area contributed by atoms with E-state index in [0.29, 0.717) is 22.1 Å². The molecule has 0 saturated carbocycles. The van der Waals surface area contributed by atoms with Crippen LogP contribution in [0.15, 0.2) is 5.16 Å². The molecule has 2 aromatic heterocycles. The molecule has 0 unspecified atom stereocenters. The number of anilines is 1. The first-order valence-electron chi connectivity index (χ1n) is 4.44. The zero-order valence-corrected chi connectivity index (χ0v) is 9.59. The molecule has 6 heteroatoms. The van der Waals surface area contributed by atoms with E-state index < -0.39 is 0 Å². The fourth-order valence-corrected chi connectivity index (χ4v) is 1.57. The highest BCUT2D eigenvalue weighted by Crippen LogP contribution is 2.19. The fourth-order valence-electron chi connectivity index (χ4n) is 1.20. The zero-order valence-electron chi connectivity index (χ0n) is 8.77. The molecule has 0 aliphatic carbocycles. The lowest BCUT2D eigenvalue weighted by molar-refractivity contribution is 0.971. The smallest absolute Gasteiger partial charge is 0.191 e. The molecule has 2 rings (SSSR count). The Morgan fingerprint density at radius 2 is 1.67 bits per heavy atom. The number of rotatable bonds is 1. The van der Waals surface area contributed by atoms with E-state index in [1.807, 2.05) is 20.1 Å². The Morgan fingerprint density at radius 3 is 2.33 bits per heavy atom. The lowest BCUT2D eigenvalue weighted by Crippen LogP contribution is -2.02. The van der Waals surface area contributed by atoms with Gasteiger partial charge in [0.1, 0.15) is 0 Å². The van der Waals surface area contributed by atoms with Crippen molar-refractivity contribution in [2.45, 2.75) is 19.0 Å². The highest BCUT2D eigenvalue weighted by Gasteiger charge is 2.08. The fraction of sp³-hybridized carbons (Fsp3) is 0.333. The molecule has 0 amide bonds. The summed E-state index contributed by atoms with van der Waals surface area (Å²) < 4.78 is 0. The minimum absolute atomic E-state index is 0.389. The van der Waals surface area contributed by atoms with E-state index >= 15 is 0 Å². The Morgan fingerprint density at radius 1 is 1.00 bits per heavy atom. The quantitative estimate of drug-likeness (QED) is 0.578. The molecule has 0 spiro atoms. The van der Waals surface area contributed by atoms with Crippen molar-refractivity contribution >= 4 is 28.7 Å². The van der Waals surface area contributed by atoms with E-state index in [1.54, 1.807) is 0 Å². The summed E-state index contributed by atoms with van der Waals surface area (Å²) in [5.41, 5.74) is 8.65. The van der Waals surface area contributed by atoms with Gasteiger partial charge in [0.2, 0.25) is 0 Å². The average molecular weight is 221 g/mol. The van der Waals surface area contributed by atoms with Gasteiger partial charge < -0.3 is 5.73 Å². The second-order valence-electron chi connectivity index (χ2n) is 3.16. The molecule has 0 aliphatic rings. The summed E-state index contributed by atoms with van der Waals surface area (Å²) in [6, 6.07) is 0. The summed E-state index contributed by atoms with van der Waals surface area (Å²) in [4.78, 5) is 17.0. The van der Waals surface area contributed by atoms with E-state index in [9.17, 15) is 0 Å². The molecule has 5 nitrogen and oxygen atoms in total. The number of nitrogen functional groups attached to an aromatic ring is 1. The van der Waals surface area contributed by atoms with Crippen LogP contribution in [0.3, 0.4) is 0 Å². The largest absolute Gasteiger partial charge is 0.382 e. The third kappa shape index (κ3) is 1.72. The Kier molecular flexibility index (Phi) is 2.44. The SMILES string of the molecule is CSc1nc(N)c2nc(C)c(C)nc2n1. The number of nitrogens with two attached hydrogens (primary N) is 1. The number of thioether (sulfide) groups is 1. The maximum Gasteiger partial charge on any atom is 0.191 e. The van der Waals surface area contributed by atoms with Crippen LogP contribution in [0.5, 0.6) is 0 Å². The number of hydrogen-bond acceptors (Lipinski definition) is 6. The van der Waals surface area contributed by atoms with Crippen LogP contribution >= 0.6 is 11.8 Å². The highest BCUT2D eigenvalue weighted by molar-refractivity contribution is 7.98. The maximum absolute atomic E-state index is 5.78. The molecule has 2 aromatic rings. The molecule has 0 fully saturated rings. The van der Waals surface area contributed by atoms with Gasteiger partial charge in [-0.1, -0.05) is 11.8 Å². The van der Waals surface area contributed by atoms with Crippen molar-refractivity contribution < 1.29 is 0 Å². The first-order chi connectivity index (χ1) is 7.11. The van der Waals surface area contributed by atoms with Crippen molar-refractivity contribution in [2.24, 2.45) is 0 Å². The van der Waals surface area contributed by atoms with E-state index in [-0.39, 0.29) is 0 Å². The van der Waals surface area contributed by atoms with Crippen LogP contribution < -0.4 is 5.73 Å². The zero-order chi connectivity index (χ0) is 11.0. The van der Waals surface area contributed by atoms with Gasteiger partial charge in [0.25, 0.3) is 0 Å². The van der Waals surface area contributed by atoms with Gasteiger partial charge in [0, 0.05) is 0 Å². The topological polar surface area (TPSA) is 77.6 Å². The van der Waals surface area contributed by atoms with E-state index in [2.05, 4.69) is 19.9 Å².